The summed E-state index contributed by atoms with van der Waals surface area (Å²) in [5.41, 5.74) is 0.918. The molecule has 0 radical (unpaired) electrons. The minimum Gasteiger partial charge on any atom is -0.478 e. The molecule has 0 aliphatic carbocycles. The van der Waals surface area contributed by atoms with Gasteiger partial charge in [-0.15, -0.1) is 0 Å². The van der Waals surface area contributed by atoms with Crippen molar-refractivity contribution >= 4 is 17.6 Å². The van der Waals surface area contributed by atoms with Crippen LogP contribution in [0.2, 0.25) is 0 Å². The molecule has 0 fully saturated rings. The third-order valence-corrected chi connectivity index (χ3v) is 3.03. The van der Waals surface area contributed by atoms with Gasteiger partial charge in [-0.25, -0.2) is 9.59 Å². The summed E-state index contributed by atoms with van der Waals surface area (Å²) in [4.78, 5) is 26.0. The zero-order chi connectivity index (χ0) is 16.5. The number of anilines is 1. The number of carboxylic acid groups (broad SMARTS) is 1. The van der Waals surface area contributed by atoms with Crippen molar-refractivity contribution in [1.82, 2.24) is 4.90 Å². The highest BCUT2D eigenvalue weighted by atomic mass is 16.6. The standard InChI is InChI=1S/C16H22N2O4/c1-17(2)12-11-14(22-16(21)10-9-15(19)20)18(3)13-7-5-4-6-8-13/h4-10,14H,11-12H2,1-3H3,(H,19,20)/b10-9+. The van der Waals surface area contributed by atoms with E-state index in [1.54, 1.807) is 0 Å². The van der Waals surface area contributed by atoms with Crippen molar-refractivity contribution in [2.75, 3.05) is 32.6 Å². The molecule has 1 rings (SSSR count). The van der Waals surface area contributed by atoms with E-state index in [9.17, 15) is 9.59 Å². The third-order valence-electron chi connectivity index (χ3n) is 3.03. The van der Waals surface area contributed by atoms with E-state index in [-0.39, 0.29) is 0 Å². The molecule has 0 saturated carbocycles. The summed E-state index contributed by atoms with van der Waals surface area (Å²) in [6.07, 6.45) is 1.82. The van der Waals surface area contributed by atoms with Crippen LogP contribution in [0.25, 0.3) is 0 Å². The van der Waals surface area contributed by atoms with Crippen LogP contribution >= 0.6 is 0 Å². The van der Waals surface area contributed by atoms with E-state index in [2.05, 4.69) is 0 Å². The first-order valence-corrected chi connectivity index (χ1v) is 6.94. The summed E-state index contributed by atoms with van der Waals surface area (Å²) in [6, 6.07) is 9.56. The van der Waals surface area contributed by atoms with Crippen LogP contribution in [0.1, 0.15) is 6.42 Å². The molecule has 6 nitrogen and oxygen atoms in total. The van der Waals surface area contributed by atoms with Crippen molar-refractivity contribution in [3.05, 3.63) is 42.5 Å². The summed E-state index contributed by atoms with van der Waals surface area (Å²) in [6.45, 7) is 0.734. The van der Waals surface area contributed by atoms with Crippen molar-refractivity contribution in [1.29, 1.82) is 0 Å². The average molecular weight is 306 g/mol. The van der Waals surface area contributed by atoms with Gasteiger partial charge in [-0.2, -0.15) is 0 Å². The fraction of sp³-hybridized carbons (Fsp3) is 0.375. The molecule has 0 aliphatic rings. The highest BCUT2D eigenvalue weighted by molar-refractivity contribution is 5.90. The second-order valence-electron chi connectivity index (χ2n) is 5.10. The molecule has 6 heteroatoms. The smallest absolute Gasteiger partial charge is 0.332 e. The minimum absolute atomic E-state index is 0.476. The molecule has 1 aromatic carbocycles. The van der Waals surface area contributed by atoms with Gasteiger partial charge in [0.1, 0.15) is 0 Å². The van der Waals surface area contributed by atoms with E-state index in [1.165, 1.54) is 0 Å². The largest absolute Gasteiger partial charge is 0.478 e. The lowest BCUT2D eigenvalue weighted by Gasteiger charge is -2.30. The number of benzene rings is 1. The molecule has 22 heavy (non-hydrogen) atoms. The Kier molecular flexibility index (Phi) is 7.12. The van der Waals surface area contributed by atoms with Crippen LogP contribution in [0, 0.1) is 0 Å². The van der Waals surface area contributed by atoms with Gasteiger partial charge >= 0.3 is 11.9 Å². The zero-order valence-electron chi connectivity index (χ0n) is 13.1. The Morgan fingerprint density at radius 2 is 1.82 bits per heavy atom. The van der Waals surface area contributed by atoms with Gasteiger partial charge < -0.3 is 19.6 Å². The number of para-hydroxylation sites is 1. The molecule has 0 aromatic heterocycles. The molecule has 0 heterocycles. The molecule has 0 aliphatic heterocycles. The molecule has 1 atom stereocenters. The Hall–Kier alpha value is -2.34. The highest BCUT2D eigenvalue weighted by Gasteiger charge is 2.19. The number of nitrogens with zero attached hydrogens (tertiary/aromatic N) is 2. The summed E-state index contributed by atoms with van der Waals surface area (Å²) in [7, 11) is 5.71. The maximum Gasteiger partial charge on any atom is 0.332 e. The predicted octanol–water partition coefficient (Wildman–Crippen LogP) is 1.58. The fourth-order valence-corrected chi connectivity index (χ4v) is 1.84. The summed E-state index contributed by atoms with van der Waals surface area (Å²) >= 11 is 0. The number of carbonyl (C=O) groups is 2. The number of hydrogen-bond donors (Lipinski definition) is 1. The van der Waals surface area contributed by atoms with Crippen molar-refractivity contribution < 1.29 is 19.4 Å². The van der Waals surface area contributed by atoms with Gasteiger partial charge in [-0.1, -0.05) is 18.2 Å². The number of rotatable bonds is 8. The molecule has 0 bridgehead atoms. The summed E-state index contributed by atoms with van der Waals surface area (Å²) in [5, 5.41) is 8.55. The SMILES string of the molecule is CN(C)CCC(OC(=O)/C=C/C(=O)O)N(C)c1ccccc1. The molecule has 120 valence electrons. The van der Waals surface area contributed by atoms with Crippen molar-refractivity contribution in [2.24, 2.45) is 0 Å². The van der Waals surface area contributed by atoms with Crippen LogP contribution in [0.4, 0.5) is 5.69 Å². The monoisotopic (exact) mass is 306 g/mol. The lowest BCUT2D eigenvalue weighted by atomic mass is 10.2. The van der Waals surface area contributed by atoms with Crippen molar-refractivity contribution in [3.63, 3.8) is 0 Å². The maximum atomic E-state index is 11.7. The van der Waals surface area contributed by atoms with E-state index >= 15 is 0 Å². The van der Waals surface area contributed by atoms with Crippen LogP contribution in [-0.2, 0) is 14.3 Å². The van der Waals surface area contributed by atoms with Crippen LogP contribution in [0.3, 0.4) is 0 Å². The lowest BCUT2D eigenvalue weighted by Crippen LogP contribution is -2.38. The Bertz CT molecular complexity index is 514. The third kappa shape index (κ3) is 6.41. The van der Waals surface area contributed by atoms with E-state index in [0.717, 1.165) is 24.4 Å². The van der Waals surface area contributed by atoms with E-state index in [4.69, 9.17) is 9.84 Å². The summed E-state index contributed by atoms with van der Waals surface area (Å²) < 4.78 is 5.38. The Morgan fingerprint density at radius 1 is 1.18 bits per heavy atom. The normalized spacial score (nSPS) is 12.4. The number of carbonyl (C=O) groups excluding carboxylic acids is 1. The number of esters is 1. The number of aliphatic carboxylic acids is 1. The topological polar surface area (TPSA) is 70.1 Å². The van der Waals surface area contributed by atoms with E-state index in [1.807, 2.05) is 61.3 Å². The number of hydrogen-bond acceptors (Lipinski definition) is 5. The first-order chi connectivity index (χ1) is 10.4. The van der Waals surface area contributed by atoms with Crippen LogP contribution in [0.15, 0.2) is 42.5 Å². The highest BCUT2D eigenvalue weighted by Crippen LogP contribution is 2.17. The zero-order valence-corrected chi connectivity index (χ0v) is 13.1. The Morgan fingerprint density at radius 3 is 2.36 bits per heavy atom. The summed E-state index contributed by atoms with van der Waals surface area (Å²) in [5.74, 6) is -1.85. The van der Waals surface area contributed by atoms with Crippen molar-refractivity contribution in [2.45, 2.75) is 12.6 Å². The van der Waals surface area contributed by atoms with Crippen molar-refractivity contribution in [3.8, 4) is 0 Å². The lowest BCUT2D eigenvalue weighted by molar-refractivity contribution is -0.143. The molecular weight excluding hydrogens is 284 g/mol. The Balaban J connectivity index is 2.79. The first kappa shape index (κ1) is 17.7. The van der Waals surface area contributed by atoms with Crippen LogP contribution in [0.5, 0.6) is 0 Å². The molecule has 0 amide bonds. The van der Waals surface area contributed by atoms with Gasteiger partial charge in [0.2, 0.25) is 0 Å². The minimum atomic E-state index is -1.18. The van der Waals surface area contributed by atoms with Gasteiger partial charge in [0.25, 0.3) is 0 Å². The molecule has 1 aromatic rings. The molecule has 1 N–H and O–H groups in total. The van der Waals surface area contributed by atoms with E-state index < -0.39 is 18.2 Å². The fourth-order valence-electron chi connectivity index (χ4n) is 1.84. The average Bonchev–Trinajstić information content (AvgIpc) is 2.49. The van der Waals surface area contributed by atoms with Gasteiger partial charge in [-0.3, -0.25) is 0 Å². The molecular formula is C16H22N2O4. The van der Waals surface area contributed by atoms with Crippen LogP contribution < -0.4 is 4.90 Å². The number of ether oxygens (including phenoxy) is 1. The molecule has 1 unspecified atom stereocenters. The van der Waals surface area contributed by atoms with E-state index in [0.29, 0.717) is 6.42 Å². The number of carboxylic acids is 1. The molecule has 0 saturated heterocycles. The second-order valence-corrected chi connectivity index (χ2v) is 5.10. The van der Waals surface area contributed by atoms with Gasteiger partial charge in [0.15, 0.2) is 6.23 Å². The maximum absolute atomic E-state index is 11.7. The predicted molar refractivity (Wildman–Crippen MR) is 84.7 cm³/mol. The first-order valence-electron chi connectivity index (χ1n) is 6.94. The van der Waals surface area contributed by atoms with Gasteiger partial charge in [0.05, 0.1) is 0 Å². The van der Waals surface area contributed by atoms with Gasteiger partial charge in [0, 0.05) is 37.9 Å². The quantitative estimate of drug-likeness (QED) is 0.447. The Labute approximate surface area is 130 Å². The second kappa shape index (κ2) is 8.84. The molecule has 0 spiro atoms. The van der Waals surface area contributed by atoms with Gasteiger partial charge in [-0.05, 0) is 26.2 Å². The van der Waals surface area contributed by atoms with Crippen LogP contribution in [-0.4, -0.2) is 55.9 Å².